The molecule has 0 fully saturated rings. The highest BCUT2D eigenvalue weighted by atomic mass is 32.2. The third-order valence-electron chi connectivity index (χ3n) is 2.45. The van der Waals surface area contributed by atoms with Crippen molar-refractivity contribution in [3.63, 3.8) is 0 Å². The summed E-state index contributed by atoms with van der Waals surface area (Å²) in [6, 6.07) is -0.464. The van der Waals surface area contributed by atoms with Crippen molar-refractivity contribution in [3.05, 3.63) is 0 Å². The molecule has 17 heavy (non-hydrogen) atoms. The summed E-state index contributed by atoms with van der Waals surface area (Å²) in [5.74, 6) is 0.0623. The summed E-state index contributed by atoms with van der Waals surface area (Å²) in [5, 5.41) is 11.3. The van der Waals surface area contributed by atoms with E-state index in [-0.39, 0.29) is 18.2 Å². The number of carbonyl (C=O) groups is 2. The zero-order chi connectivity index (χ0) is 13.3. The largest absolute Gasteiger partial charge is 0.481 e. The highest BCUT2D eigenvalue weighted by Crippen LogP contribution is 2.04. The Morgan fingerprint density at radius 2 is 2.06 bits per heavy atom. The number of hydrogen-bond donors (Lipinski definition) is 3. The molecule has 0 spiro atoms. The van der Waals surface area contributed by atoms with Crippen LogP contribution in [0.2, 0.25) is 0 Å². The summed E-state index contributed by atoms with van der Waals surface area (Å²) in [4.78, 5) is 21.9. The molecule has 5 nitrogen and oxygen atoms in total. The van der Waals surface area contributed by atoms with E-state index in [9.17, 15) is 9.59 Å². The maximum atomic E-state index is 11.5. The van der Waals surface area contributed by atoms with Gasteiger partial charge in [-0.3, -0.25) is 9.59 Å². The van der Waals surface area contributed by atoms with Gasteiger partial charge in [0.1, 0.15) is 0 Å². The standard InChI is InChI=1S/C11H22N2O3S/c1-8(3-4-10(14)15)7-13-11(16)9(12)5-6-17-2/h8-9H,3-7,12H2,1-2H3,(H,13,16)(H,14,15)/t8?,9-/m0/s1. The minimum absolute atomic E-state index is 0.134. The zero-order valence-electron chi connectivity index (χ0n) is 10.4. The first-order valence-corrected chi connectivity index (χ1v) is 7.10. The molecule has 2 atom stereocenters. The second kappa shape index (κ2) is 9.30. The Morgan fingerprint density at radius 3 is 2.59 bits per heavy atom. The van der Waals surface area contributed by atoms with E-state index in [1.165, 1.54) is 0 Å². The summed E-state index contributed by atoms with van der Waals surface area (Å²) >= 11 is 1.66. The molecule has 0 bridgehead atoms. The summed E-state index contributed by atoms with van der Waals surface area (Å²) in [6.07, 6.45) is 3.33. The minimum atomic E-state index is -0.806. The molecule has 100 valence electrons. The van der Waals surface area contributed by atoms with Crippen molar-refractivity contribution in [1.29, 1.82) is 0 Å². The molecule has 0 aromatic rings. The van der Waals surface area contributed by atoms with Gasteiger partial charge in [-0.05, 0) is 30.8 Å². The molecule has 0 saturated carbocycles. The molecule has 0 heterocycles. The summed E-state index contributed by atoms with van der Waals surface area (Å²) in [7, 11) is 0. The molecule has 0 aromatic carbocycles. The van der Waals surface area contributed by atoms with Gasteiger partial charge < -0.3 is 16.2 Å². The van der Waals surface area contributed by atoms with Crippen LogP contribution in [0.4, 0.5) is 0 Å². The molecule has 0 rings (SSSR count). The predicted molar refractivity (Wildman–Crippen MR) is 70.0 cm³/mol. The van der Waals surface area contributed by atoms with Crippen molar-refractivity contribution in [2.75, 3.05) is 18.6 Å². The average Bonchev–Trinajstić information content (AvgIpc) is 2.30. The Hall–Kier alpha value is -0.750. The topological polar surface area (TPSA) is 92.4 Å². The van der Waals surface area contributed by atoms with E-state index >= 15 is 0 Å². The summed E-state index contributed by atoms with van der Waals surface area (Å²) in [6.45, 7) is 2.40. The Labute approximate surface area is 107 Å². The number of thioether (sulfide) groups is 1. The van der Waals surface area contributed by atoms with Crippen molar-refractivity contribution in [1.82, 2.24) is 5.32 Å². The summed E-state index contributed by atoms with van der Waals surface area (Å²) < 4.78 is 0. The number of carboxylic acid groups (broad SMARTS) is 1. The number of hydrogen-bond acceptors (Lipinski definition) is 4. The van der Waals surface area contributed by atoms with Crippen LogP contribution in [0, 0.1) is 5.92 Å². The molecular weight excluding hydrogens is 240 g/mol. The fraction of sp³-hybridized carbons (Fsp3) is 0.818. The molecule has 0 aliphatic heterocycles. The molecule has 6 heteroatoms. The van der Waals surface area contributed by atoms with Crippen LogP contribution in [0.5, 0.6) is 0 Å². The molecule has 0 aliphatic rings. The van der Waals surface area contributed by atoms with Gasteiger partial charge in [0.05, 0.1) is 6.04 Å². The van der Waals surface area contributed by atoms with Gasteiger partial charge in [-0.2, -0.15) is 11.8 Å². The lowest BCUT2D eigenvalue weighted by molar-refractivity contribution is -0.137. The molecule has 0 radical (unpaired) electrons. The van der Waals surface area contributed by atoms with Crippen LogP contribution >= 0.6 is 11.8 Å². The van der Waals surface area contributed by atoms with Gasteiger partial charge in [0.15, 0.2) is 0 Å². The van der Waals surface area contributed by atoms with Crippen LogP contribution in [0.3, 0.4) is 0 Å². The number of aliphatic carboxylic acids is 1. The van der Waals surface area contributed by atoms with Crippen molar-refractivity contribution < 1.29 is 14.7 Å². The zero-order valence-corrected chi connectivity index (χ0v) is 11.3. The predicted octanol–water partition coefficient (Wildman–Crippen LogP) is 0.684. The lowest BCUT2D eigenvalue weighted by Gasteiger charge is -2.15. The Kier molecular flexibility index (Phi) is 8.89. The van der Waals surface area contributed by atoms with E-state index in [0.717, 1.165) is 5.75 Å². The summed E-state index contributed by atoms with van der Waals surface area (Å²) in [5.41, 5.74) is 5.69. The Balaban J connectivity index is 3.71. The van der Waals surface area contributed by atoms with Gasteiger partial charge in [-0.15, -0.1) is 0 Å². The monoisotopic (exact) mass is 262 g/mol. The van der Waals surface area contributed by atoms with Crippen molar-refractivity contribution >= 4 is 23.6 Å². The third-order valence-corrected chi connectivity index (χ3v) is 3.09. The van der Waals surface area contributed by atoms with Crippen molar-refractivity contribution in [3.8, 4) is 0 Å². The van der Waals surface area contributed by atoms with E-state index in [1.54, 1.807) is 11.8 Å². The number of rotatable bonds is 9. The maximum absolute atomic E-state index is 11.5. The third kappa shape index (κ3) is 9.00. The van der Waals surface area contributed by atoms with Crippen LogP contribution in [-0.4, -0.2) is 41.6 Å². The van der Waals surface area contributed by atoms with E-state index in [0.29, 0.717) is 19.4 Å². The number of carbonyl (C=O) groups excluding carboxylic acids is 1. The molecule has 1 unspecified atom stereocenters. The van der Waals surface area contributed by atoms with Crippen LogP contribution < -0.4 is 11.1 Å². The van der Waals surface area contributed by atoms with Gasteiger partial charge in [0, 0.05) is 13.0 Å². The number of amides is 1. The number of carboxylic acids is 1. The smallest absolute Gasteiger partial charge is 0.303 e. The van der Waals surface area contributed by atoms with E-state index in [1.807, 2.05) is 13.2 Å². The number of nitrogens with one attached hydrogen (secondary N) is 1. The first kappa shape index (κ1) is 16.2. The van der Waals surface area contributed by atoms with E-state index < -0.39 is 12.0 Å². The maximum Gasteiger partial charge on any atom is 0.303 e. The lowest BCUT2D eigenvalue weighted by atomic mass is 10.1. The quantitative estimate of drug-likeness (QED) is 0.568. The molecule has 1 amide bonds. The average molecular weight is 262 g/mol. The SMILES string of the molecule is CSCC[C@H](N)C(=O)NCC(C)CCC(=O)O. The van der Waals surface area contributed by atoms with Crippen LogP contribution in [0.1, 0.15) is 26.2 Å². The second-order valence-electron chi connectivity index (χ2n) is 4.17. The van der Waals surface area contributed by atoms with Gasteiger partial charge in [0.2, 0.25) is 5.91 Å². The molecule has 4 N–H and O–H groups in total. The highest BCUT2D eigenvalue weighted by molar-refractivity contribution is 7.98. The molecular formula is C11H22N2O3S. The fourth-order valence-corrected chi connectivity index (χ4v) is 1.74. The first-order valence-electron chi connectivity index (χ1n) is 5.71. The van der Waals surface area contributed by atoms with Crippen molar-refractivity contribution in [2.45, 2.75) is 32.2 Å². The van der Waals surface area contributed by atoms with Gasteiger partial charge in [-0.1, -0.05) is 6.92 Å². The van der Waals surface area contributed by atoms with Crippen molar-refractivity contribution in [2.24, 2.45) is 11.7 Å². The van der Waals surface area contributed by atoms with E-state index in [2.05, 4.69) is 5.32 Å². The van der Waals surface area contributed by atoms with Gasteiger partial charge >= 0.3 is 5.97 Å². The fourth-order valence-electron chi connectivity index (χ4n) is 1.25. The molecule has 0 saturated heterocycles. The second-order valence-corrected chi connectivity index (χ2v) is 5.16. The molecule has 0 aliphatic carbocycles. The minimum Gasteiger partial charge on any atom is -0.481 e. The van der Waals surface area contributed by atoms with Gasteiger partial charge in [-0.25, -0.2) is 0 Å². The van der Waals surface area contributed by atoms with Crippen LogP contribution in [0.25, 0.3) is 0 Å². The van der Waals surface area contributed by atoms with Gasteiger partial charge in [0.25, 0.3) is 0 Å². The number of nitrogens with two attached hydrogens (primary N) is 1. The Morgan fingerprint density at radius 1 is 1.41 bits per heavy atom. The van der Waals surface area contributed by atoms with E-state index in [4.69, 9.17) is 10.8 Å². The highest BCUT2D eigenvalue weighted by Gasteiger charge is 2.13. The lowest BCUT2D eigenvalue weighted by Crippen LogP contribution is -2.42. The normalized spacial score (nSPS) is 14.1. The van der Waals surface area contributed by atoms with Crippen LogP contribution in [0.15, 0.2) is 0 Å². The first-order chi connectivity index (χ1) is 7.97. The molecule has 0 aromatic heterocycles. The van der Waals surface area contributed by atoms with Crippen LogP contribution in [-0.2, 0) is 9.59 Å². The Bertz CT molecular complexity index is 249.